The number of ether oxygens (including phenoxy) is 1. The number of nitrogens with zero attached hydrogens (tertiary/aromatic N) is 1. The van der Waals surface area contributed by atoms with Crippen LogP contribution in [0.5, 0.6) is 0 Å². The van der Waals surface area contributed by atoms with E-state index in [2.05, 4.69) is 4.90 Å². The summed E-state index contributed by atoms with van der Waals surface area (Å²) < 4.78 is 5.21. The van der Waals surface area contributed by atoms with Gasteiger partial charge in [0.05, 0.1) is 11.6 Å². The fourth-order valence-electron chi connectivity index (χ4n) is 1.22. The molecule has 2 nitrogen and oxygen atoms in total. The van der Waals surface area contributed by atoms with Crippen molar-refractivity contribution in [3.8, 4) is 0 Å². The summed E-state index contributed by atoms with van der Waals surface area (Å²) in [4.78, 5) is 2.16. The van der Waals surface area contributed by atoms with Gasteiger partial charge in [-0.1, -0.05) is 26.1 Å². The average molecular weight is 189 g/mol. The molecule has 0 aromatic rings. The molecule has 0 saturated carbocycles. The Labute approximate surface area is 80.9 Å². The van der Waals surface area contributed by atoms with Crippen LogP contribution in [0.25, 0.3) is 0 Å². The van der Waals surface area contributed by atoms with Gasteiger partial charge in [-0.2, -0.15) is 0 Å². The van der Waals surface area contributed by atoms with Gasteiger partial charge >= 0.3 is 0 Å². The van der Waals surface area contributed by atoms with Crippen molar-refractivity contribution in [2.75, 3.05) is 20.2 Å². The molecule has 1 aliphatic rings. The first-order valence-electron chi connectivity index (χ1n) is 4.59. The van der Waals surface area contributed by atoms with Crippen molar-refractivity contribution in [1.29, 1.82) is 0 Å². The first-order chi connectivity index (χ1) is 5.86. The fourth-order valence-corrected chi connectivity index (χ4v) is 1.43. The molecular weight excluding hydrogens is 170 g/mol. The molecule has 1 fully saturated rings. The molecule has 0 N–H and O–H groups in total. The van der Waals surface area contributed by atoms with E-state index < -0.39 is 0 Å². The largest absolute Gasteiger partial charge is 0.381 e. The van der Waals surface area contributed by atoms with Crippen molar-refractivity contribution in [3.63, 3.8) is 0 Å². The lowest BCUT2D eigenvalue weighted by Gasteiger charge is -2.29. The number of rotatable bonds is 2. The molecule has 1 saturated heterocycles. The Kier molecular flexibility index (Phi) is 7.40. The minimum atomic E-state index is 0.464. The summed E-state index contributed by atoms with van der Waals surface area (Å²) in [5, 5.41) is 0. The van der Waals surface area contributed by atoms with Crippen LogP contribution in [-0.2, 0) is 4.74 Å². The highest BCUT2D eigenvalue weighted by Crippen LogP contribution is 2.10. The Morgan fingerprint density at radius 1 is 1.33 bits per heavy atom. The molecule has 1 heterocycles. The standard InChI is InChI=1S/C7H13NOS.C2H6/c1-9-7-2-4-8(6-10)5-3-7;1-2/h6-7H,2-5H2,1H3;1-2H3. The predicted molar refractivity (Wildman–Crippen MR) is 56.6 cm³/mol. The van der Waals surface area contributed by atoms with Crippen LogP contribution in [0.2, 0.25) is 0 Å². The second-order valence-electron chi connectivity index (χ2n) is 2.58. The molecule has 0 aromatic heterocycles. The maximum atomic E-state index is 5.21. The second-order valence-corrected chi connectivity index (χ2v) is 2.79. The smallest absolute Gasteiger partial charge is 0.0640 e. The number of hydrogen-bond donors (Lipinski definition) is 0. The number of piperidine rings is 1. The SMILES string of the molecule is CC.COC1CCN(C=S)CC1. The third kappa shape index (κ3) is 4.02. The van der Waals surface area contributed by atoms with Crippen LogP contribution >= 0.6 is 12.2 Å². The lowest BCUT2D eigenvalue weighted by molar-refractivity contribution is 0.0592. The van der Waals surface area contributed by atoms with Crippen molar-refractivity contribution < 1.29 is 4.74 Å². The Hall–Kier alpha value is -0.150. The van der Waals surface area contributed by atoms with Gasteiger partial charge in [0.1, 0.15) is 0 Å². The summed E-state index contributed by atoms with van der Waals surface area (Å²) in [5.74, 6) is 0. The predicted octanol–water partition coefficient (Wildman–Crippen LogP) is 2.08. The van der Waals surface area contributed by atoms with Gasteiger partial charge < -0.3 is 9.64 Å². The highest BCUT2D eigenvalue weighted by molar-refractivity contribution is 7.78. The van der Waals surface area contributed by atoms with Crippen LogP contribution in [0.4, 0.5) is 0 Å². The van der Waals surface area contributed by atoms with E-state index >= 15 is 0 Å². The highest BCUT2D eigenvalue weighted by atomic mass is 32.1. The van der Waals surface area contributed by atoms with Crippen molar-refractivity contribution >= 4 is 17.7 Å². The molecule has 0 spiro atoms. The Bertz CT molecular complexity index is 111. The lowest BCUT2D eigenvalue weighted by Crippen LogP contribution is -2.35. The number of likely N-dealkylation sites (tertiary alicyclic amines) is 1. The monoisotopic (exact) mass is 189 g/mol. The first-order valence-corrected chi connectivity index (χ1v) is 5.06. The van der Waals surface area contributed by atoms with Crippen LogP contribution in [0.3, 0.4) is 0 Å². The van der Waals surface area contributed by atoms with Gasteiger partial charge in [0.15, 0.2) is 0 Å². The summed E-state index contributed by atoms with van der Waals surface area (Å²) in [6, 6.07) is 0. The van der Waals surface area contributed by atoms with E-state index in [9.17, 15) is 0 Å². The third-order valence-corrected chi connectivity index (χ3v) is 2.26. The van der Waals surface area contributed by atoms with Crippen molar-refractivity contribution in [2.45, 2.75) is 32.8 Å². The van der Waals surface area contributed by atoms with Crippen LogP contribution in [-0.4, -0.2) is 36.7 Å². The summed E-state index contributed by atoms with van der Waals surface area (Å²) in [6.45, 7) is 6.12. The van der Waals surface area contributed by atoms with Crippen molar-refractivity contribution in [3.05, 3.63) is 0 Å². The third-order valence-electron chi connectivity index (χ3n) is 1.96. The number of methoxy groups -OCH3 is 1. The molecule has 1 aliphatic heterocycles. The molecule has 0 bridgehead atoms. The lowest BCUT2D eigenvalue weighted by atomic mass is 10.1. The molecule has 0 unspecified atom stereocenters. The molecular formula is C9H19NOS. The summed E-state index contributed by atoms with van der Waals surface area (Å²) >= 11 is 4.81. The fraction of sp³-hybridized carbons (Fsp3) is 0.889. The van der Waals surface area contributed by atoms with Crippen LogP contribution < -0.4 is 0 Å². The van der Waals surface area contributed by atoms with Gasteiger partial charge in [-0.3, -0.25) is 0 Å². The summed E-state index contributed by atoms with van der Waals surface area (Å²) in [6.07, 6.45) is 2.69. The number of thiocarbonyl (C=S) groups is 1. The molecule has 72 valence electrons. The van der Waals surface area contributed by atoms with E-state index in [1.165, 1.54) is 0 Å². The zero-order valence-corrected chi connectivity index (χ0v) is 9.06. The van der Waals surface area contributed by atoms with Crippen LogP contribution in [0, 0.1) is 0 Å². The molecule has 0 aromatic carbocycles. The summed E-state index contributed by atoms with van der Waals surface area (Å²) in [7, 11) is 1.78. The molecule has 0 aliphatic carbocycles. The van der Waals surface area contributed by atoms with Crippen molar-refractivity contribution in [1.82, 2.24) is 4.90 Å². The molecule has 0 radical (unpaired) electrons. The minimum Gasteiger partial charge on any atom is -0.381 e. The van der Waals surface area contributed by atoms with Gasteiger partial charge in [0.2, 0.25) is 0 Å². The van der Waals surface area contributed by atoms with Crippen molar-refractivity contribution in [2.24, 2.45) is 0 Å². The van der Waals surface area contributed by atoms with Gasteiger partial charge in [-0.25, -0.2) is 0 Å². The Balaban J connectivity index is 0.000000561. The van der Waals surface area contributed by atoms with E-state index in [1.807, 2.05) is 13.8 Å². The minimum absolute atomic E-state index is 0.464. The first kappa shape index (κ1) is 11.8. The van der Waals surface area contributed by atoms with Gasteiger partial charge in [-0.05, 0) is 12.8 Å². The maximum absolute atomic E-state index is 5.21. The average Bonchev–Trinajstić information content (AvgIpc) is 2.21. The van der Waals surface area contributed by atoms with E-state index in [4.69, 9.17) is 17.0 Å². The number of hydrogen-bond acceptors (Lipinski definition) is 2. The topological polar surface area (TPSA) is 12.5 Å². The van der Waals surface area contributed by atoms with E-state index in [0.717, 1.165) is 25.9 Å². The van der Waals surface area contributed by atoms with E-state index in [1.54, 1.807) is 12.6 Å². The maximum Gasteiger partial charge on any atom is 0.0640 e. The van der Waals surface area contributed by atoms with E-state index in [-0.39, 0.29) is 0 Å². The van der Waals surface area contributed by atoms with E-state index in [0.29, 0.717) is 6.10 Å². The Morgan fingerprint density at radius 3 is 2.17 bits per heavy atom. The van der Waals surface area contributed by atoms with Crippen LogP contribution in [0.15, 0.2) is 0 Å². The zero-order valence-electron chi connectivity index (χ0n) is 8.25. The highest BCUT2D eigenvalue weighted by Gasteiger charge is 2.15. The van der Waals surface area contributed by atoms with Gasteiger partial charge in [0, 0.05) is 20.2 Å². The van der Waals surface area contributed by atoms with Crippen LogP contribution in [0.1, 0.15) is 26.7 Å². The molecule has 1 rings (SSSR count). The molecule has 12 heavy (non-hydrogen) atoms. The normalized spacial score (nSPS) is 18.1. The Morgan fingerprint density at radius 2 is 1.83 bits per heavy atom. The quantitative estimate of drug-likeness (QED) is 0.617. The zero-order chi connectivity index (χ0) is 9.40. The second kappa shape index (κ2) is 7.50. The van der Waals surface area contributed by atoms with Gasteiger partial charge in [-0.15, -0.1) is 0 Å². The summed E-state index contributed by atoms with van der Waals surface area (Å²) in [5.41, 5.74) is 1.74. The molecule has 0 amide bonds. The molecule has 0 atom stereocenters. The molecule has 3 heteroatoms. The van der Waals surface area contributed by atoms with Gasteiger partial charge in [0.25, 0.3) is 0 Å².